The Hall–Kier alpha value is -0.870. The average molecular weight is 198 g/mol. The summed E-state index contributed by atoms with van der Waals surface area (Å²) >= 11 is 1.51. The lowest BCUT2D eigenvalue weighted by Crippen LogP contribution is -2.35. The third-order valence-corrected chi connectivity index (χ3v) is 2.83. The lowest BCUT2D eigenvalue weighted by Gasteiger charge is -2.16. The molecule has 0 aliphatic rings. The van der Waals surface area contributed by atoms with Crippen molar-refractivity contribution in [1.29, 1.82) is 0 Å². The van der Waals surface area contributed by atoms with Crippen molar-refractivity contribution in [2.45, 2.75) is 13.8 Å². The van der Waals surface area contributed by atoms with Crippen molar-refractivity contribution in [3.05, 3.63) is 21.9 Å². The minimum Gasteiger partial charge on any atom is -0.326 e. The molecule has 1 aromatic heterocycles. The molecular formula is C9H14N2OS. The minimum absolute atomic E-state index is 0.0306. The molecule has 1 rings (SSSR count). The van der Waals surface area contributed by atoms with Gasteiger partial charge in [0.05, 0.1) is 11.5 Å². The highest BCUT2D eigenvalue weighted by Gasteiger charge is 2.13. The van der Waals surface area contributed by atoms with E-state index in [0.29, 0.717) is 6.54 Å². The van der Waals surface area contributed by atoms with Crippen LogP contribution in [-0.4, -0.2) is 24.0 Å². The summed E-state index contributed by atoms with van der Waals surface area (Å²) in [5.74, 6) is 0.0306. The molecule has 72 valence electrons. The van der Waals surface area contributed by atoms with Gasteiger partial charge >= 0.3 is 0 Å². The second kappa shape index (κ2) is 4.39. The zero-order valence-electron chi connectivity index (χ0n) is 7.91. The highest BCUT2D eigenvalue weighted by molar-refractivity contribution is 7.13. The van der Waals surface area contributed by atoms with Crippen molar-refractivity contribution in [3.63, 3.8) is 0 Å². The van der Waals surface area contributed by atoms with Crippen molar-refractivity contribution >= 4 is 17.2 Å². The summed E-state index contributed by atoms with van der Waals surface area (Å²) in [6.07, 6.45) is 0. The van der Waals surface area contributed by atoms with E-state index in [1.54, 1.807) is 4.90 Å². The first kappa shape index (κ1) is 10.2. The SMILES string of the molecule is CCN(CN)C(=O)c1ccc(C)s1. The summed E-state index contributed by atoms with van der Waals surface area (Å²) in [4.78, 5) is 15.2. The van der Waals surface area contributed by atoms with Crippen LogP contribution in [0.1, 0.15) is 21.5 Å². The molecule has 0 saturated carbocycles. The highest BCUT2D eigenvalue weighted by atomic mass is 32.1. The van der Waals surface area contributed by atoms with Gasteiger partial charge in [0.15, 0.2) is 0 Å². The van der Waals surface area contributed by atoms with Gasteiger partial charge in [0.1, 0.15) is 0 Å². The maximum absolute atomic E-state index is 11.7. The average Bonchev–Trinajstić information content (AvgIpc) is 2.54. The standard InChI is InChI=1S/C9H14N2OS/c1-3-11(6-10)9(12)8-5-4-7(2)13-8/h4-5H,3,6,10H2,1-2H3. The largest absolute Gasteiger partial charge is 0.326 e. The molecule has 2 N–H and O–H groups in total. The number of nitrogens with zero attached hydrogens (tertiary/aromatic N) is 1. The van der Waals surface area contributed by atoms with E-state index in [4.69, 9.17) is 5.73 Å². The fraction of sp³-hybridized carbons (Fsp3) is 0.444. The van der Waals surface area contributed by atoms with Gasteiger partial charge in [0, 0.05) is 11.4 Å². The smallest absolute Gasteiger partial charge is 0.264 e. The molecule has 1 heterocycles. The molecule has 0 bridgehead atoms. The second-order valence-electron chi connectivity index (χ2n) is 2.75. The molecule has 4 heteroatoms. The third kappa shape index (κ3) is 2.29. The number of thiophene rings is 1. The lowest BCUT2D eigenvalue weighted by atomic mass is 10.4. The van der Waals surface area contributed by atoms with Gasteiger partial charge in [0.2, 0.25) is 0 Å². The van der Waals surface area contributed by atoms with Crippen LogP contribution in [0.2, 0.25) is 0 Å². The minimum atomic E-state index is 0.0306. The van der Waals surface area contributed by atoms with E-state index in [-0.39, 0.29) is 12.6 Å². The number of aryl methyl sites for hydroxylation is 1. The molecule has 1 amide bonds. The first-order valence-corrected chi connectivity index (χ1v) is 5.06. The number of rotatable bonds is 3. The summed E-state index contributed by atoms with van der Waals surface area (Å²) in [7, 11) is 0. The van der Waals surface area contributed by atoms with Crippen LogP contribution in [-0.2, 0) is 0 Å². The molecule has 0 fully saturated rings. The van der Waals surface area contributed by atoms with E-state index in [1.165, 1.54) is 11.3 Å². The zero-order valence-corrected chi connectivity index (χ0v) is 8.73. The Morgan fingerprint density at radius 1 is 1.62 bits per heavy atom. The molecule has 0 saturated heterocycles. The maximum atomic E-state index is 11.7. The van der Waals surface area contributed by atoms with Crippen LogP contribution in [0.15, 0.2) is 12.1 Å². The van der Waals surface area contributed by atoms with Gasteiger partial charge in [-0.1, -0.05) is 0 Å². The summed E-state index contributed by atoms with van der Waals surface area (Å²) in [5.41, 5.74) is 5.44. The molecule has 0 aromatic carbocycles. The van der Waals surface area contributed by atoms with Gasteiger partial charge in [-0.15, -0.1) is 11.3 Å². The Morgan fingerprint density at radius 3 is 2.69 bits per heavy atom. The van der Waals surface area contributed by atoms with Crippen LogP contribution in [0.4, 0.5) is 0 Å². The summed E-state index contributed by atoms with van der Waals surface area (Å²) in [6, 6.07) is 3.79. The molecular weight excluding hydrogens is 184 g/mol. The Labute approximate surface area is 82.2 Å². The predicted octanol–water partition coefficient (Wildman–Crippen LogP) is 1.43. The van der Waals surface area contributed by atoms with Gasteiger partial charge in [-0.25, -0.2) is 0 Å². The molecule has 0 atom stereocenters. The van der Waals surface area contributed by atoms with E-state index in [1.807, 2.05) is 26.0 Å². The molecule has 0 aliphatic carbocycles. The van der Waals surface area contributed by atoms with E-state index in [0.717, 1.165) is 9.75 Å². The molecule has 13 heavy (non-hydrogen) atoms. The van der Waals surface area contributed by atoms with Crippen molar-refractivity contribution in [3.8, 4) is 0 Å². The molecule has 0 spiro atoms. The van der Waals surface area contributed by atoms with E-state index >= 15 is 0 Å². The van der Waals surface area contributed by atoms with Gasteiger partial charge in [-0.05, 0) is 26.0 Å². The van der Waals surface area contributed by atoms with Gasteiger partial charge < -0.3 is 10.6 Å². The van der Waals surface area contributed by atoms with Gasteiger partial charge in [-0.3, -0.25) is 4.79 Å². The molecule has 0 unspecified atom stereocenters. The van der Waals surface area contributed by atoms with Crippen LogP contribution in [0.3, 0.4) is 0 Å². The summed E-state index contributed by atoms with van der Waals surface area (Å²) in [5, 5.41) is 0. The first-order valence-electron chi connectivity index (χ1n) is 4.24. The van der Waals surface area contributed by atoms with Crippen LogP contribution >= 0.6 is 11.3 Å². The monoisotopic (exact) mass is 198 g/mol. The van der Waals surface area contributed by atoms with Gasteiger partial charge in [0.25, 0.3) is 5.91 Å². The van der Waals surface area contributed by atoms with Crippen molar-refractivity contribution in [1.82, 2.24) is 4.90 Å². The molecule has 0 aliphatic heterocycles. The Kier molecular flexibility index (Phi) is 3.45. The van der Waals surface area contributed by atoms with E-state index < -0.39 is 0 Å². The number of amides is 1. The Balaban J connectivity index is 2.78. The molecule has 3 nitrogen and oxygen atoms in total. The summed E-state index contributed by atoms with van der Waals surface area (Å²) < 4.78 is 0. The quantitative estimate of drug-likeness (QED) is 0.747. The maximum Gasteiger partial charge on any atom is 0.264 e. The van der Waals surface area contributed by atoms with Crippen LogP contribution in [0.5, 0.6) is 0 Å². The Bertz CT molecular complexity index is 292. The fourth-order valence-corrected chi connectivity index (χ4v) is 1.90. The van der Waals surface area contributed by atoms with Crippen LogP contribution in [0, 0.1) is 6.92 Å². The van der Waals surface area contributed by atoms with E-state index in [2.05, 4.69) is 0 Å². The fourth-order valence-electron chi connectivity index (χ4n) is 1.06. The van der Waals surface area contributed by atoms with Crippen molar-refractivity contribution < 1.29 is 4.79 Å². The number of nitrogens with two attached hydrogens (primary N) is 1. The Morgan fingerprint density at radius 2 is 2.31 bits per heavy atom. The second-order valence-corrected chi connectivity index (χ2v) is 4.04. The summed E-state index contributed by atoms with van der Waals surface area (Å²) in [6.45, 7) is 4.85. The predicted molar refractivity (Wildman–Crippen MR) is 54.8 cm³/mol. The number of carbonyl (C=O) groups excluding carboxylic acids is 1. The van der Waals surface area contributed by atoms with Crippen molar-refractivity contribution in [2.24, 2.45) is 5.73 Å². The number of hydrogen-bond acceptors (Lipinski definition) is 3. The van der Waals surface area contributed by atoms with Crippen molar-refractivity contribution in [2.75, 3.05) is 13.2 Å². The topological polar surface area (TPSA) is 46.3 Å². The molecule has 0 radical (unpaired) electrons. The third-order valence-electron chi connectivity index (χ3n) is 1.84. The van der Waals surface area contributed by atoms with Gasteiger partial charge in [-0.2, -0.15) is 0 Å². The van der Waals surface area contributed by atoms with E-state index in [9.17, 15) is 4.79 Å². The first-order chi connectivity index (χ1) is 6.19. The highest BCUT2D eigenvalue weighted by Crippen LogP contribution is 2.16. The lowest BCUT2D eigenvalue weighted by molar-refractivity contribution is 0.0773. The number of carbonyl (C=O) groups is 1. The van der Waals surface area contributed by atoms with Crippen LogP contribution < -0.4 is 5.73 Å². The molecule has 1 aromatic rings. The van der Waals surface area contributed by atoms with Crippen LogP contribution in [0.25, 0.3) is 0 Å². The number of hydrogen-bond donors (Lipinski definition) is 1. The normalized spacial score (nSPS) is 10.1. The zero-order chi connectivity index (χ0) is 9.84.